The lowest BCUT2D eigenvalue weighted by Crippen LogP contribution is -2.29. The zero-order chi connectivity index (χ0) is 28.0. The molecule has 12 nitrogen and oxygen atoms in total. The molecule has 1 aliphatic heterocycles. The third-order valence-electron chi connectivity index (χ3n) is 6.57. The van der Waals surface area contributed by atoms with Crippen molar-refractivity contribution in [3.63, 3.8) is 0 Å². The molecule has 40 heavy (non-hydrogen) atoms. The summed E-state index contributed by atoms with van der Waals surface area (Å²) in [6, 6.07) is 9.75. The molecule has 14 heteroatoms. The lowest BCUT2D eigenvalue weighted by molar-refractivity contribution is 0.150. The van der Waals surface area contributed by atoms with Crippen LogP contribution in [0.3, 0.4) is 0 Å². The second-order valence-corrected chi connectivity index (χ2v) is 9.04. The zero-order valence-corrected chi connectivity index (χ0v) is 21.6. The van der Waals surface area contributed by atoms with Crippen LogP contribution >= 0.6 is 0 Å². The number of aryl methyl sites for hydroxylation is 1. The van der Waals surface area contributed by atoms with Crippen LogP contribution in [-0.2, 0) is 0 Å². The van der Waals surface area contributed by atoms with E-state index in [0.717, 1.165) is 12.2 Å². The van der Waals surface area contributed by atoms with E-state index in [1.54, 1.807) is 36.1 Å². The highest BCUT2D eigenvalue weighted by atomic mass is 19.3. The van der Waals surface area contributed by atoms with E-state index < -0.39 is 6.43 Å². The summed E-state index contributed by atoms with van der Waals surface area (Å²) in [6.07, 6.45) is 0.393. The second-order valence-electron chi connectivity index (χ2n) is 9.04. The minimum Gasteiger partial charge on any atom is -0.494 e. The van der Waals surface area contributed by atoms with Crippen molar-refractivity contribution in [3.05, 3.63) is 59.8 Å². The van der Waals surface area contributed by atoms with Gasteiger partial charge in [-0.05, 0) is 31.2 Å². The first-order chi connectivity index (χ1) is 19.4. The summed E-state index contributed by atoms with van der Waals surface area (Å²) in [7, 11) is 3.49. The third kappa shape index (κ3) is 4.17. The number of likely N-dealkylation sites (N-methyl/N-ethyl adjacent to an activating group) is 1. The van der Waals surface area contributed by atoms with Gasteiger partial charge in [0.1, 0.15) is 36.3 Å². The van der Waals surface area contributed by atoms with Gasteiger partial charge in [0, 0.05) is 18.8 Å². The Hall–Kier alpha value is -5.32. The average molecular weight is 545 g/mol. The van der Waals surface area contributed by atoms with Gasteiger partial charge in [-0.3, -0.25) is 4.57 Å². The van der Waals surface area contributed by atoms with Gasteiger partial charge in [0.05, 0.1) is 42.1 Å². The number of rotatable bonds is 6. The van der Waals surface area contributed by atoms with Crippen LogP contribution in [0, 0.1) is 18.3 Å². The summed E-state index contributed by atoms with van der Waals surface area (Å²) in [5.74, 6) is 1.75. The Labute approximate surface area is 226 Å². The minimum atomic E-state index is -2.80. The van der Waals surface area contributed by atoms with E-state index in [9.17, 15) is 14.0 Å². The van der Waals surface area contributed by atoms with Gasteiger partial charge in [0.25, 0.3) is 6.43 Å². The normalized spacial score (nSPS) is 12.8. The first-order valence-corrected chi connectivity index (χ1v) is 12.2. The molecule has 1 N–H and O–H groups in total. The Bertz CT molecular complexity index is 1790. The second kappa shape index (κ2) is 9.77. The van der Waals surface area contributed by atoms with Crippen molar-refractivity contribution < 1.29 is 18.3 Å². The molecule has 1 aromatic carbocycles. The number of nitrogens with one attached hydrogen (secondary N) is 1. The number of halogens is 2. The number of nitrogens with zero attached hydrogens (tertiary/aromatic N) is 9. The largest absolute Gasteiger partial charge is 0.494 e. The van der Waals surface area contributed by atoms with Crippen molar-refractivity contribution in [3.8, 4) is 29.2 Å². The molecular formula is C26H22F2N10O2. The minimum absolute atomic E-state index is 0.0732. The van der Waals surface area contributed by atoms with Crippen molar-refractivity contribution >= 4 is 28.2 Å². The summed E-state index contributed by atoms with van der Waals surface area (Å²) < 4.78 is 42.2. The van der Waals surface area contributed by atoms with Crippen LogP contribution in [0.1, 0.15) is 23.4 Å². The number of hydrogen-bond donors (Lipinski definition) is 1. The van der Waals surface area contributed by atoms with Crippen molar-refractivity contribution in [1.82, 2.24) is 34.5 Å². The predicted molar refractivity (Wildman–Crippen MR) is 141 cm³/mol. The molecule has 0 amide bonds. The molecule has 0 saturated heterocycles. The van der Waals surface area contributed by atoms with Crippen LogP contribution in [0.25, 0.3) is 22.7 Å². The lowest BCUT2D eigenvalue weighted by Gasteiger charge is -2.28. The van der Waals surface area contributed by atoms with E-state index in [2.05, 4.69) is 30.6 Å². The van der Waals surface area contributed by atoms with Gasteiger partial charge in [-0.2, -0.15) is 15.5 Å². The maximum Gasteiger partial charge on any atom is 0.267 e. The first-order valence-electron chi connectivity index (χ1n) is 12.2. The predicted octanol–water partition coefficient (Wildman–Crippen LogP) is 4.09. The molecule has 5 heterocycles. The number of imidazole rings is 1. The first kappa shape index (κ1) is 25.0. The van der Waals surface area contributed by atoms with Gasteiger partial charge in [-0.1, -0.05) is 0 Å². The Morgan fingerprint density at radius 1 is 1.23 bits per heavy atom. The van der Waals surface area contributed by atoms with Crippen molar-refractivity contribution in [2.75, 3.05) is 37.5 Å². The van der Waals surface area contributed by atoms with Crippen LogP contribution < -0.4 is 19.7 Å². The van der Waals surface area contributed by atoms with Gasteiger partial charge in [0.2, 0.25) is 0 Å². The van der Waals surface area contributed by atoms with Gasteiger partial charge >= 0.3 is 0 Å². The van der Waals surface area contributed by atoms with Gasteiger partial charge in [-0.15, -0.1) is 5.10 Å². The summed E-state index contributed by atoms with van der Waals surface area (Å²) in [4.78, 5) is 11.0. The molecule has 0 unspecified atom stereocenters. The van der Waals surface area contributed by atoms with Gasteiger partial charge in [-0.25, -0.2) is 23.4 Å². The van der Waals surface area contributed by atoms with Crippen LogP contribution in [0.2, 0.25) is 0 Å². The van der Waals surface area contributed by atoms with Crippen molar-refractivity contribution in [1.29, 1.82) is 5.26 Å². The Morgan fingerprint density at radius 2 is 2.08 bits per heavy atom. The quantitative estimate of drug-likeness (QED) is 0.333. The van der Waals surface area contributed by atoms with E-state index in [0.29, 0.717) is 52.2 Å². The molecular weight excluding hydrogens is 522 g/mol. The highest BCUT2D eigenvalue weighted by Gasteiger charge is 2.23. The number of fused-ring (bicyclic) bond motifs is 2. The lowest BCUT2D eigenvalue weighted by atomic mass is 10.2. The van der Waals surface area contributed by atoms with E-state index in [4.69, 9.17) is 9.47 Å². The molecule has 6 rings (SSSR count). The number of hydrogen-bond acceptors (Lipinski definition) is 10. The van der Waals surface area contributed by atoms with E-state index in [1.165, 1.54) is 30.0 Å². The third-order valence-corrected chi connectivity index (χ3v) is 6.57. The summed E-state index contributed by atoms with van der Waals surface area (Å²) >= 11 is 0. The molecule has 0 spiro atoms. The Balaban J connectivity index is 1.43. The molecule has 0 aliphatic carbocycles. The molecule has 0 saturated carbocycles. The van der Waals surface area contributed by atoms with Gasteiger partial charge < -0.3 is 19.7 Å². The number of nitriles is 1. The maximum atomic E-state index is 13.9. The Kier molecular flexibility index (Phi) is 6.10. The fourth-order valence-corrected chi connectivity index (χ4v) is 4.55. The highest BCUT2D eigenvalue weighted by Crippen LogP contribution is 2.39. The average Bonchev–Trinajstić information content (AvgIpc) is 3.55. The summed E-state index contributed by atoms with van der Waals surface area (Å²) in [5, 5.41) is 24.9. The Morgan fingerprint density at radius 3 is 2.83 bits per heavy atom. The summed E-state index contributed by atoms with van der Waals surface area (Å²) in [5.41, 5.74) is 2.89. The smallest absolute Gasteiger partial charge is 0.267 e. The summed E-state index contributed by atoms with van der Waals surface area (Å²) in [6.45, 7) is 2.92. The number of benzene rings is 1. The number of pyridine rings is 1. The monoisotopic (exact) mass is 544 g/mol. The molecule has 5 aromatic rings. The van der Waals surface area contributed by atoms with Crippen LogP contribution in [0.5, 0.6) is 11.5 Å². The number of ether oxygens (including phenoxy) is 2. The zero-order valence-electron chi connectivity index (χ0n) is 21.6. The van der Waals surface area contributed by atoms with Crippen LogP contribution in [0.15, 0.2) is 42.9 Å². The number of alkyl halides is 2. The fourth-order valence-electron chi connectivity index (χ4n) is 4.55. The standard InChI is InChI=1S/C26H22F2N10O2/c1-14-8-15(11-29)35-38(14)26-16(24(27)28)4-5-22(33-26)37-13-30-17-9-18(21(39-3)10-19(17)37)32-25-23-20(12-31-34-25)36(2)6-7-40-23/h4-5,8-10,12-13,24H,6-7H2,1-3H3,(H,32,34). The SMILES string of the molecule is COc1cc2c(cc1Nc1nncc3c1OCCN3C)ncn2-c1ccc(C(F)F)c(-n2nc(C#N)cc2C)n1. The number of aromatic nitrogens is 7. The van der Waals surface area contributed by atoms with Crippen LogP contribution in [0.4, 0.5) is 26.0 Å². The molecule has 0 fully saturated rings. The maximum absolute atomic E-state index is 13.9. The van der Waals surface area contributed by atoms with Crippen molar-refractivity contribution in [2.45, 2.75) is 13.3 Å². The topological polar surface area (TPSA) is 132 Å². The van der Waals surface area contributed by atoms with E-state index in [1.807, 2.05) is 18.0 Å². The van der Waals surface area contributed by atoms with E-state index in [-0.39, 0.29) is 17.1 Å². The van der Waals surface area contributed by atoms with Crippen molar-refractivity contribution in [2.24, 2.45) is 0 Å². The molecule has 1 aliphatic rings. The molecule has 0 bridgehead atoms. The fraction of sp³-hybridized carbons (Fsp3) is 0.231. The molecule has 0 radical (unpaired) electrons. The van der Waals surface area contributed by atoms with Gasteiger partial charge in [0.15, 0.2) is 23.1 Å². The number of methoxy groups -OCH3 is 1. The molecule has 0 atom stereocenters. The van der Waals surface area contributed by atoms with Crippen LogP contribution in [-0.4, -0.2) is 61.8 Å². The van der Waals surface area contributed by atoms with E-state index >= 15 is 0 Å². The molecule has 4 aromatic heterocycles. The highest BCUT2D eigenvalue weighted by molar-refractivity contribution is 5.87. The molecule has 202 valence electrons. The number of anilines is 3.